The average molecular weight is 409 g/mol. The molecule has 5 rings (SSSR count). The van der Waals surface area contributed by atoms with Crippen LogP contribution in [0.2, 0.25) is 0 Å². The predicted molar refractivity (Wildman–Crippen MR) is 114 cm³/mol. The summed E-state index contributed by atoms with van der Waals surface area (Å²) in [4.78, 5) is 16.1. The van der Waals surface area contributed by atoms with Crippen LogP contribution in [-0.4, -0.2) is 82.3 Å². The summed E-state index contributed by atoms with van der Waals surface area (Å²) in [5.41, 5.74) is 0.783. The van der Waals surface area contributed by atoms with E-state index in [1.165, 1.54) is 0 Å². The Morgan fingerprint density at radius 2 is 1.80 bits per heavy atom. The molecule has 3 aromatic heterocycles. The number of piperidine rings is 1. The van der Waals surface area contributed by atoms with E-state index in [0.29, 0.717) is 6.04 Å². The molecule has 0 radical (unpaired) electrons. The highest BCUT2D eigenvalue weighted by Gasteiger charge is 2.25. The maximum absolute atomic E-state index is 5.44. The number of hydrogen-bond acceptors (Lipinski definition) is 9. The lowest BCUT2D eigenvalue weighted by atomic mass is 10.0. The van der Waals surface area contributed by atoms with Crippen LogP contribution >= 0.6 is 0 Å². The maximum Gasteiger partial charge on any atom is 0.227 e. The Kier molecular flexibility index (Phi) is 5.07. The van der Waals surface area contributed by atoms with Gasteiger partial charge in [0.05, 0.1) is 13.2 Å². The number of morpholine rings is 1. The van der Waals surface area contributed by atoms with Gasteiger partial charge in [-0.3, -0.25) is 0 Å². The molecule has 158 valence electrons. The van der Waals surface area contributed by atoms with Crippen molar-refractivity contribution in [1.82, 2.24) is 29.8 Å². The fourth-order valence-electron chi connectivity index (χ4n) is 4.18. The average Bonchev–Trinajstić information content (AvgIpc) is 3.19. The first-order chi connectivity index (χ1) is 14.7. The van der Waals surface area contributed by atoms with E-state index in [9.17, 15) is 0 Å². The highest BCUT2D eigenvalue weighted by Crippen LogP contribution is 2.24. The summed E-state index contributed by atoms with van der Waals surface area (Å²) in [5.74, 6) is 3.55. The number of aromatic nitrogens is 6. The van der Waals surface area contributed by atoms with Gasteiger partial charge in [0.15, 0.2) is 11.5 Å². The van der Waals surface area contributed by atoms with E-state index in [4.69, 9.17) is 14.8 Å². The van der Waals surface area contributed by atoms with Crippen molar-refractivity contribution in [3.8, 4) is 0 Å². The van der Waals surface area contributed by atoms with E-state index in [2.05, 4.69) is 36.9 Å². The Labute approximate surface area is 175 Å². The lowest BCUT2D eigenvalue weighted by Gasteiger charge is -2.38. The monoisotopic (exact) mass is 409 g/mol. The molecular weight excluding hydrogens is 382 g/mol. The minimum atomic E-state index is 0.439. The van der Waals surface area contributed by atoms with Gasteiger partial charge in [0.2, 0.25) is 5.95 Å². The van der Waals surface area contributed by atoms with Crippen LogP contribution in [0.5, 0.6) is 0 Å². The molecule has 0 bridgehead atoms. The number of fused-ring (bicyclic) bond motifs is 1. The molecule has 3 aromatic rings. The summed E-state index contributed by atoms with van der Waals surface area (Å²) in [6.07, 6.45) is 3.96. The minimum Gasteiger partial charge on any atom is -0.378 e. The van der Waals surface area contributed by atoms with Crippen molar-refractivity contribution in [2.75, 3.05) is 61.1 Å². The normalized spacial score (nSPS) is 18.2. The van der Waals surface area contributed by atoms with Crippen LogP contribution in [0.25, 0.3) is 5.65 Å². The molecule has 0 saturated carbocycles. The summed E-state index contributed by atoms with van der Waals surface area (Å²) >= 11 is 0. The molecule has 10 nitrogen and oxygen atoms in total. The van der Waals surface area contributed by atoms with Gasteiger partial charge < -0.3 is 19.4 Å². The van der Waals surface area contributed by atoms with Crippen LogP contribution in [0.15, 0.2) is 24.4 Å². The molecule has 0 atom stereocenters. The zero-order valence-corrected chi connectivity index (χ0v) is 17.5. The Morgan fingerprint density at radius 3 is 2.60 bits per heavy atom. The quantitative estimate of drug-likeness (QED) is 0.630. The molecule has 0 aromatic carbocycles. The summed E-state index contributed by atoms with van der Waals surface area (Å²) in [6, 6.07) is 6.45. The van der Waals surface area contributed by atoms with Gasteiger partial charge in [-0.05, 0) is 38.0 Å². The largest absolute Gasteiger partial charge is 0.378 e. The molecule has 0 amide bonds. The number of rotatable bonds is 4. The van der Waals surface area contributed by atoms with Crippen LogP contribution in [-0.2, 0) is 4.74 Å². The molecular formula is C20H27N9O. The van der Waals surface area contributed by atoms with Crippen molar-refractivity contribution in [3.63, 3.8) is 0 Å². The third kappa shape index (κ3) is 3.62. The Hall–Kier alpha value is -3.01. The van der Waals surface area contributed by atoms with E-state index in [1.807, 2.05) is 35.8 Å². The number of hydrogen-bond donors (Lipinski definition) is 0. The molecule has 0 N–H and O–H groups in total. The standard InChI is InChI=1S/C20H27N9O/c1-15-23-24-18-3-4-19(25-29(15)18)27-9-6-16(7-10-27)26(2)17-5-8-21-20(22-17)28-11-13-30-14-12-28/h3-5,8,16H,6-7,9-14H2,1-2H3. The zero-order chi connectivity index (χ0) is 20.5. The maximum atomic E-state index is 5.44. The minimum absolute atomic E-state index is 0.439. The summed E-state index contributed by atoms with van der Waals surface area (Å²) < 4.78 is 7.25. The molecule has 0 aliphatic carbocycles. The van der Waals surface area contributed by atoms with Crippen molar-refractivity contribution in [2.45, 2.75) is 25.8 Å². The zero-order valence-electron chi connectivity index (χ0n) is 17.5. The van der Waals surface area contributed by atoms with Crippen LogP contribution in [0.1, 0.15) is 18.7 Å². The second kappa shape index (κ2) is 8.02. The summed E-state index contributed by atoms with van der Waals surface area (Å²) in [7, 11) is 2.14. The van der Waals surface area contributed by atoms with Gasteiger partial charge in [0.25, 0.3) is 0 Å². The first kappa shape index (κ1) is 19.0. The fraction of sp³-hybridized carbons (Fsp3) is 0.550. The second-order valence-corrected chi connectivity index (χ2v) is 7.85. The van der Waals surface area contributed by atoms with Crippen molar-refractivity contribution < 1.29 is 4.74 Å². The van der Waals surface area contributed by atoms with E-state index in [-0.39, 0.29) is 0 Å². The first-order valence-electron chi connectivity index (χ1n) is 10.5. The molecule has 2 fully saturated rings. The number of nitrogens with zero attached hydrogens (tertiary/aromatic N) is 9. The smallest absolute Gasteiger partial charge is 0.227 e. The van der Waals surface area contributed by atoms with Crippen LogP contribution in [0, 0.1) is 6.92 Å². The van der Waals surface area contributed by atoms with Gasteiger partial charge in [0.1, 0.15) is 11.6 Å². The van der Waals surface area contributed by atoms with Crippen molar-refractivity contribution in [1.29, 1.82) is 0 Å². The van der Waals surface area contributed by atoms with Crippen molar-refractivity contribution in [2.24, 2.45) is 0 Å². The molecule has 0 unspecified atom stereocenters. The van der Waals surface area contributed by atoms with E-state index >= 15 is 0 Å². The van der Waals surface area contributed by atoms with E-state index < -0.39 is 0 Å². The highest BCUT2D eigenvalue weighted by atomic mass is 16.5. The molecule has 0 spiro atoms. The molecule has 10 heteroatoms. The Balaban J connectivity index is 1.25. The van der Waals surface area contributed by atoms with Crippen molar-refractivity contribution in [3.05, 3.63) is 30.2 Å². The lowest BCUT2D eigenvalue weighted by molar-refractivity contribution is 0.122. The van der Waals surface area contributed by atoms with Gasteiger partial charge in [-0.25, -0.2) is 4.98 Å². The third-order valence-electron chi connectivity index (χ3n) is 6.02. The van der Waals surface area contributed by atoms with Gasteiger partial charge in [0, 0.05) is 45.5 Å². The highest BCUT2D eigenvalue weighted by molar-refractivity contribution is 5.47. The SMILES string of the molecule is Cc1nnc2ccc(N3CCC(N(C)c4ccnc(N5CCOCC5)n4)CC3)nn12. The Morgan fingerprint density at radius 1 is 1.00 bits per heavy atom. The predicted octanol–water partition coefficient (Wildman–Crippen LogP) is 1.16. The molecule has 2 aliphatic heterocycles. The number of aryl methyl sites for hydroxylation is 1. The van der Waals surface area contributed by atoms with Gasteiger partial charge in [-0.2, -0.15) is 9.50 Å². The third-order valence-corrected chi connectivity index (χ3v) is 6.02. The topological polar surface area (TPSA) is 87.8 Å². The molecule has 2 saturated heterocycles. The van der Waals surface area contributed by atoms with Crippen LogP contribution in [0.4, 0.5) is 17.6 Å². The second-order valence-electron chi connectivity index (χ2n) is 7.85. The van der Waals surface area contributed by atoms with Gasteiger partial charge in [-0.1, -0.05) is 0 Å². The molecule has 2 aliphatic rings. The molecule has 5 heterocycles. The van der Waals surface area contributed by atoms with Crippen LogP contribution in [0.3, 0.4) is 0 Å². The summed E-state index contributed by atoms with van der Waals surface area (Å²) in [6.45, 7) is 6.98. The van der Waals surface area contributed by atoms with E-state index in [1.54, 1.807) is 0 Å². The fourth-order valence-corrected chi connectivity index (χ4v) is 4.18. The Bertz CT molecular complexity index is 1010. The molecule has 30 heavy (non-hydrogen) atoms. The lowest BCUT2D eigenvalue weighted by Crippen LogP contribution is -2.44. The van der Waals surface area contributed by atoms with Gasteiger partial charge in [-0.15, -0.1) is 15.3 Å². The summed E-state index contributed by atoms with van der Waals surface area (Å²) in [5, 5.41) is 12.9. The first-order valence-corrected chi connectivity index (χ1v) is 10.5. The van der Waals surface area contributed by atoms with Gasteiger partial charge >= 0.3 is 0 Å². The van der Waals surface area contributed by atoms with E-state index in [0.717, 1.165) is 81.3 Å². The number of ether oxygens (including phenoxy) is 1. The number of anilines is 3. The van der Waals surface area contributed by atoms with Crippen molar-refractivity contribution >= 4 is 23.2 Å². The van der Waals surface area contributed by atoms with Crippen LogP contribution < -0.4 is 14.7 Å².